The lowest BCUT2D eigenvalue weighted by molar-refractivity contribution is -0.133. The van der Waals surface area contributed by atoms with Crippen LogP contribution < -0.4 is 0 Å². The van der Waals surface area contributed by atoms with Crippen molar-refractivity contribution < 1.29 is 9.90 Å². The zero-order valence-corrected chi connectivity index (χ0v) is 11.2. The van der Waals surface area contributed by atoms with Gasteiger partial charge in [0.15, 0.2) is 0 Å². The Labute approximate surface area is 116 Å². The van der Waals surface area contributed by atoms with Crippen molar-refractivity contribution in [3.8, 4) is 0 Å². The summed E-state index contributed by atoms with van der Waals surface area (Å²) in [5.74, 6) is -0.840. The number of hydrogen-bond acceptors (Lipinski definition) is 7. The predicted molar refractivity (Wildman–Crippen MR) is 76.1 cm³/mol. The molecule has 0 bridgehead atoms. The molecule has 1 aliphatic rings. The van der Waals surface area contributed by atoms with Crippen LogP contribution in [0.15, 0.2) is 28.4 Å². The van der Waals surface area contributed by atoms with E-state index in [0.29, 0.717) is 6.42 Å². The van der Waals surface area contributed by atoms with E-state index in [9.17, 15) is 4.79 Å². The topological polar surface area (TPSA) is 87.8 Å². The Balaban J connectivity index is 1.73. The standard InChI is InChI=1S/C11H8N4O2S2/c16-11(17)5-18-10-4-8(12-13-10)6-1-2-7-9(3-6)15-19-14-7/h1-3H,4-5H2,(H,16,17). The fourth-order valence-electron chi connectivity index (χ4n) is 1.68. The van der Waals surface area contributed by atoms with Crippen LogP contribution in [0.4, 0.5) is 0 Å². The van der Waals surface area contributed by atoms with E-state index in [4.69, 9.17) is 5.11 Å². The lowest BCUT2D eigenvalue weighted by Gasteiger charge is -2.00. The Bertz CT molecular complexity index is 708. The third-order valence-electron chi connectivity index (χ3n) is 2.55. The van der Waals surface area contributed by atoms with Crippen LogP contribution in [0.25, 0.3) is 11.0 Å². The normalized spacial score (nSPS) is 14.5. The van der Waals surface area contributed by atoms with Crippen molar-refractivity contribution in [2.45, 2.75) is 6.42 Å². The molecule has 0 radical (unpaired) electrons. The van der Waals surface area contributed by atoms with E-state index in [0.717, 1.165) is 27.4 Å². The fourth-order valence-corrected chi connectivity index (χ4v) is 2.82. The quantitative estimate of drug-likeness (QED) is 0.935. The summed E-state index contributed by atoms with van der Waals surface area (Å²) in [7, 11) is 0. The lowest BCUT2D eigenvalue weighted by Crippen LogP contribution is -2.05. The van der Waals surface area contributed by atoms with Crippen molar-refractivity contribution in [3.05, 3.63) is 23.8 Å². The Morgan fingerprint density at radius 1 is 1.32 bits per heavy atom. The van der Waals surface area contributed by atoms with Gasteiger partial charge >= 0.3 is 5.97 Å². The average molecular weight is 292 g/mol. The van der Waals surface area contributed by atoms with Crippen molar-refractivity contribution in [3.63, 3.8) is 0 Å². The Morgan fingerprint density at radius 2 is 2.16 bits per heavy atom. The third kappa shape index (κ3) is 2.64. The summed E-state index contributed by atoms with van der Waals surface area (Å²) in [4.78, 5) is 10.5. The maximum atomic E-state index is 10.5. The molecule has 0 fully saturated rings. The van der Waals surface area contributed by atoms with Gasteiger partial charge in [0.05, 0.1) is 23.2 Å². The number of hydrogen-bond donors (Lipinski definition) is 1. The van der Waals surface area contributed by atoms with Gasteiger partial charge in [-0.2, -0.15) is 13.8 Å². The molecular formula is C11H8N4O2S2. The number of thioether (sulfide) groups is 1. The van der Waals surface area contributed by atoms with Gasteiger partial charge in [-0.25, -0.2) is 0 Å². The first-order valence-electron chi connectivity index (χ1n) is 5.43. The third-order valence-corrected chi connectivity index (χ3v) is 4.06. The molecule has 0 aliphatic carbocycles. The molecule has 1 N–H and O–H groups in total. The number of fused-ring (bicyclic) bond motifs is 1. The Kier molecular flexibility index (Phi) is 3.26. The first-order valence-corrected chi connectivity index (χ1v) is 7.14. The maximum Gasteiger partial charge on any atom is 0.313 e. The largest absolute Gasteiger partial charge is 0.481 e. The van der Waals surface area contributed by atoms with E-state index in [1.807, 2.05) is 18.2 Å². The van der Waals surface area contributed by atoms with Crippen LogP contribution in [0.5, 0.6) is 0 Å². The highest BCUT2D eigenvalue weighted by molar-refractivity contribution is 8.14. The summed E-state index contributed by atoms with van der Waals surface area (Å²) >= 11 is 2.38. The molecule has 0 saturated heterocycles. The number of benzene rings is 1. The summed E-state index contributed by atoms with van der Waals surface area (Å²) in [6.07, 6.45) is 0.570. The molecule has 19 heavy (non-hydrogen) atoms. The first-order chi connectivity index (χ1) is 9.22. The molecule has 1 aliphatic heterocycles. The summed E-state index contributed by atoms with van der Waals surface area (Å²) in [6.45, 7) is 0. The molecule has 1 aromatic heterocycles. The number of carboxylic acids is 1. The number of carbonyl (C=O) groups is 1. The minimum absolute atomic E-state index is 0.0106. The molecule has 0 saturated carbocycles. The van der Waals surface area contributed by atoms with Crippen LogP contribution in [0, 0.1) is 0 Å². The molecule has 6 nitrogen and oxygen atoms in total. The molecule has 0 amide bonds. The van der Waals surface area contributed by atoms with Gasteiger partial charge < -0.3 is 5.11 Å². The van der Waals surface area contributed by atoms with Crippen LogP contribution in [-0.4, -0.2) is 36.3 Å². The van der Waals surface area contributed by atoms with Gasteiger partial charge in [-0.15, -0.1) is 5.10 Å². The Hall–Kier alpha value is -1.80. The Morgan fingerprint density at radius 3 is 3.00 bits per heavy atom. The number of carboxylic acid groups (broad SMARTS) is 1. The fraction of sp³-hybridized carbons (Fsp3) is 0.182. The molecule has 1 aromatic carbocycles. The van der Waals surface area contributed by atoms with Crippen LogP contribution >= 0.6 is 23.5 Å². The van der Waals surface area contributed by atoms with Crippen molar-refractivity contribution in [2.24, 2.45) is 10.2 Å². The molecule has 2 aromatic rings. The van der Waals surface area contributed by atoms with Gasteiger partial charge in [-0.3, -0.25) is 4.79 Å². The van der Waals surface area contributed by atoms with E-state index < -0.39 is 5.97 Å². The monoisotopic (exact) mass is 292 g/mol. The van der Waals surface area contributed by atoms with Crippen molar-refractivity contribution in [1.82, 2.24) is 8.75 Å². The highest BCUT2D eigenvalue weighted by Crippen LogP contribution is 2.21. The van der Waals surface area contributed by atoms with Crippen molar-refractivity contribution in [1.29, 1.82) is 0 Å². The number of aliphatic carboxylic acids is 1. The van der Waals surface area contributed by atoms with Gasteiger partial charge in [0.2, 0.25) is 0 Å². The van der Waals surface area contributed by atoms with E-state index in [1.54, 1.807) is 0 Å². The zero-order valence-electron chi connectivity index (χ0n) is 9.61. The molecule has 0 atom stereocenters. The minimum atomic E-state index is -0.851. The summed E-state index contributed by atoms with van der Waals surface area (Å²) in [6, 6.07) is 5.76. The lowest BCUT2D eigenvalue weighted by atomic mass is 10.1. The second-order valence-corrected chi connectivity index (χ2v) is 5.44. The van der Waals surface area contributed by atoms with Gasteiger partial charge in [0.25, 0.3) is 0 Å². The van der Waals surface area contributed by atoms with Crippen molar-refractivity contribution >= 4 is 51.2 Å². The molecule has 3 rings (SSSR count). The van der Waals surface area contributed by atoms with E-state index >= 15 is 0 Å². The molecule has 2 heterocycles. The number of rotatable bonds is 3. The number of aromatic nitrogens is 2. The average Bonchev–Trinajstić information content (AvgIpc) is 3.04. The maximum absolute atomic E-state index is 10.5. The second-order valence-electron chi connectivity index (χ2n) is 3.87. The summed E-state index contributed by atoms with van der Waals surface area (Å²) < 4.78 is 8.33. The van der Waals surface area contributed by atoms with Gasteiger partial charge in [-0.05, 0) is 12.1 Å². The molecular weight excluding hydrogens is 284 g/mol. The van der Waals surface area contributed by atoms with E-state index in [2.05, 4.69) is 18.9 Å². The summed E-state index contributed by atoms with van der Waals surface area (Å²) in [5, 5.41) is 17.5. The zero-order chi connectivity index (χ0) is 13.2. The molecule has 8 heteroatoms. The molecule has 96 valence electrons. The minimum Gasteiger partial charge on any atom is -0.481 e. The van der Waals surface area contributed by atoms with Gasteiger partial charge in [0, 0.05) is 12.0 Å². The van der Waals surface area contributed by atoms with Gasteiger partial charge in [-0.1, -0.05) is 17.8 Å². The highest BCUT2D eigenvalue weighted by Gasteiger charge is 2.16. The molecule has 0 unspecified atom stereocenters. The van der Waals surface area contributed by atoms with Crippen LogP contribution in [0.1, 0.15) is 12.0 Å². The predicted octanol–water partition coefficient (Wildman–Crippen LogP) is 2.02. The first kappa shape index (κ1) is 12.2. The second kappa shape index (κ2) is 5.06. The van der Waals surface area contributed by atoms with E-state index in [1.165, 1.54) is 23.5 Å². The van der Waals surface area contributed by atoms with Crippen molar-refractivity contribution in [2.75, 3.05) is 5.75 Å². The SMILES string of the molecule is O=C(O)CSC1=NN=C(c2ccc3nsnc3c2)C1. The van der Waals surface area contributed by atoms with Crippen LogP contribution in [0.3, 0.4) is 0 Å². The summed E-state index contributed by atoms with van der Waals surface area (Å²) in [5.41, 5.74) is 3.50. The van der Waals surface area contributed by atoms with E-state index in [-0.39, 0.29) is 5.75 Å². The van der Waals surface area contributed by atoms with Gasteiger partial charge in [0.1, 0.15) is 16.1 Å². The highest BCUT2D eigenvalue weighted by atomic mass is 32.2. The molecule has 0 spiro atoms. The number of nitrogens with zero attached hydrogens (tertiary/aromatic N) is 4. The van der Waals surface area contributed by atoms with Crippen LogP contribution in [0.2, 0.25) is 0 Å². The smallest absolute Gasteiger partial charge is 0.313 e. The van der Waals surface area contributed by atoms with Crippen LogP contribution in [-0.2, 0) is 4.79 Å².